The Hall–Kier alpha value is -3.24. The van der Waals surface area contributed by atoms with Gasteiger partial charge in [0.15, 0.2) is 11.9 Å². The van der Waals surface area contributed by atoms with Crippen LogP contribution in [0, 0.1) is 5.92 Å². The number of para-hydroxylation sites is 2. The zero-order valence-electron chi connectivity index (χ0n) is 19.3. The number of hydrogen-bond acceptors (Lipinski definition) is 7. The molecule has 0 bridgehead atoms. The van der Waals surface area contributed by atoms with E-state index >= 15 is 0 Å². The lowest BCUT2D eigenvalue weighted by molar-refractivity contribution is -0.158. The number of anilines is 1. The van der Waals surface area contributed by atoms with Crippen molar-refractivity contribution >= 4 is 33.4 Å². The number of rotatable bonds is 8. The summed E-state index contributed by atoms with van der Waals surface area (Å²) < 4.78 is 37.8. The molecule has 3 rings (SSSR count). The summed E-state index contributed by atoms with van der Waals surface area (Å²) in [4.78, 5) is 36.7. The first-order valence-corrected chi connectivity index (χ1v) is 12.3. The number of piperidine rings is 1. The van der Waals surface area contributed by atoms with Crippen molar-refractivity contribution in [3.63, 3.8) is 0 Å². The molecule has 1 aliphatic rings. The number of benzene rings is 2. The number of carbonyl (C=O) groups is 3. The van der Waals surface area contributed by atoms with Gasteiger partial charge in [-0.2, -0.15) is 4.31 Å². The second kappa shape index (κ2) is 10.8. The third-order valence-electron chi connectivity index (χ3n) is 5.69. The van der Waals surface area contributed by atoms with Gasteiger partial charge in [-0.05, 0) is 51.0 Å². The number of Topliss-reactive ketones (excluding diaryl/α,β-unsaturated/α-hetero) is 1. The molecule has 1 aliphatic heterocycles. The maximum absolute atomic E-state index is 13.0. The zero-order valence-corrected chi connectivity index (χ0v) is 20.1. The molecular weight excluding hydrogens is 460 g/mol. The van der Waals surface area contributed by atoms with Crippen LogP contribution in [0.4, 0.5) is 5.69 Å². The fourth-order valence-corrected chi connectivity index (χ4v) is 5.18. The fourth-order valence-electron chi connectivity index (χ4n) is 3.66. The molecule has 1 saturated heterocycles. The average molecular weight is 489 g/mol. The third-order valence-corrected chi connectivity index (χ3v) is 7.59. The summed E-state index contributed by atoms with van der Waals surface area (Å²) in [6.45, 7) is 3.12. The van der Waals surface area contributed by atoms with Crippen LogP contribution in [0.2, 0.25) is 0 Å². The van der Waals surface area contributed by atoms with Gasteiger partial charge in [0.05, 0.1) is 23.6 Å². The van der Waals surface area contributed by atoms with Crippen LogP contribution in [0.15, 0.2) is 53.4 Å². The predicted octanol–water partition coefficient (Wildman–Crippen LogP) is 2.87. The Kier molecular flexibility index (Phi) is 8.06. The topological polar surface area (TPSA) is 119 Å². The normalized spacial score (nSPS) is 15.9. The summed E-state index contributed by atoms with van der Waals surface area (Å²) >= 11 is 0. The Labute approximate surface area is 199 Å². The summed E-state index contributed by atoms with van der Waals surface area (Å²) in [6.07, 6.45) is -0.495. The summed E-state index contributed by atoms with van der Waals surface area (Å²) in [5, 5.41) is 2.67. The number of sulfonamides is 1. The molecule has 0 spiro atoms. The summed E-state index contributed by atoms with van der Waals surface area (Å²) in [5.41, 5.74) is 0.783. The fraction of sp³-hybridized carbons (Fsp3) is 0.375. The molecule has 0 radical (unpaired) electrons. The van der Waals surface area contributed by atoms with Crippen molar-refractivity contribution in [1.82, 2.24) is 4.31 Å². The molecule has 0 unspecified atom stereocenters. The van der Waals surface area contributed by atoms with Gasteiger partial charge in [0, 0.05) is 18.7 Å². The van der Waals surface area contributed by atoms with E-state index in [0.717, 1.165) is 0 Å². The molecule has 1 fully saturated rings. The minimum atomic E-state index is -3.79. The Balaban J connectivity index is 1.56. The third kappa shape index (κ3) is 5.81. The van der Waals surface area contributed by atoms with Gasteiger partial charge < -0.3 is 14.8 Å². The maximum atomic E-state index is 13.0. The van der Waals surface area contributed by atoms with Gasteiger partial charge in [0.1, 0.15) is 5.75 Å². The highest BCUT2D eigenvalue weighted by Gasteiger charge is 2.34. The highest BCUT2D eigenvalue weighted by atomic mass is 32.2. The molecule has 34 heavy (non-hydrogen) atoms. The number of nitrogens with zero attached hydrogens (tertiary/aromatic N) is 1. The first-order valence-electron chi connectivity index (χ1n) is 10.9. The lowest BCUT2D eigenvalue weighted by atomic mass is 9.98. The van der Waals surface area contributed by atoms with Gasteiger partial charge in [0.2, 0.25) is 10.0 Å². The van der Waals surface area contributed by atoms with Crippen molar-refractivity contribution in [1.29, 1.82) is 0 Å². The van der Waals surface area contributed by atoms with Gasteiger partial charge in [0.25, 0.3) is 5.91 Å². The second-order valence-corrected chi connectivity index (χ2v) is 9.97. The largest absolute Gasteiger partial charge is 0.495 e. The standard InChI is InChI=1S/C24H28N2O7S/c1-16(27)19-7-6-8-20(15-19)34(30,31)26-13-11-18(12-14-26)24(29)33-17(2)23(28)25-21-9-4-5-10-22(21)32-3/h4-10,15,17-18H,11-14H2,1-3H3,(H,25,28)/t17-/m0/s1. The van der Waals surface area contributed by atoms with Crippen molar-refractivity contribution in [2.75, 3.05) is 25.5 Å². The van der Waals surface area contributed by atoms with Crippen molar-refractivity contribution in [2.45, 2.75) is 37.7 Å². The SMILES string of the molecule is COc1ccccc1NC(=O)[C@H](C)OC(=O)C1CCN(S(=O)(=O)c2cccc(C(C)=O)c2)CC1. The molecule has 0 aromatic heterocycles. The van der Waals surface area contributed by atoms with E-state index in [1.807, 2.05) is 0 Å². The monoisotopic (exact) mass is 488 g/mol. The first kappa shape index (κ1) is 25.4. The van der Waals surface area contributed by atoms with E-state index in [9.17, 15) is 22.8 Å². The zero-order chi connectivity index (χ0) is 24.9. The van der Waals surface area contributed by atoms with Gasteiger partial charge in [-0.15, -0.1) is 0 Å². The molecular formula is C24H28N2O7S. The number of methoxy groups -OCH3 is 1. The van der Waals surface area contributed by atoms with Crippen LogP contribution >= 0.6 is 0 Å². The molecule has 182 valence electrons. The predicted molar refractivity (Wildman–Crippen MR) is 125 cm³/mol. The summed E-state index contributed by atoms with van der Waals surface area (Å²) in [6, 6.07) is 12.8. The average Bonchev–Trinajstić information content (AvgIpc) is 2.84. The number of ketones is 1. The number of esters is 1. The number of nitrogens with one attached hydrogen (secondary N) is 1. The first-order chi connectivity index (χ1) is 16.1. The summed E-state index contributed by atoms with van der Waals surface area (Å²) in [7, 11) is -2.30. The summed E-state index contributed by atoms with van der Waals surface area (Å²) in [5.74, 6) is -1.29. The number of carbonyl (C=O) groups excluding carboxylic acids is 3. The molecule has 2 aromatic carbocycles. The van der Waals surface area contributed by atoms with Crippen molar-refractivity contribution in [3.05, 3.63) is 54.1 Å². The molecule has 1 amide bonds. The van der Waals surface area contributed by atoms with Crippen molar-refractivity contribution in [3.8, 4) is 5.75 Å². The lowest BCUT2D eigenvalue weighted by Crippen LogP contribution is -2.41. The molecule has 0 aliphatic carbocycles. The van der Waals surface area contributed by atoms with E-state index in [2.05, 4.69) is 5.32 Å². The van der Waals surface area contributed by atoms with Gasteiger partial charge >= 0.3 is 5.97 Å². The van der Waals surface area contributed by atoms with Gasteiger partial charge in [-0.1, -0.05) is 24.3 Å². The van der Waals surface area contributed by atoms with Crippen molar-refractivity contribution < 1.29 is 32.3 Å². The molecule has 1 N–H and O–H groups in total. The van der Waals surface area contributed by atoms with E-state index in [-0.39, 0.29) is 36.6 Å². The Morgan fingerprint density at radius 3 is 2.38 bits per heavy atom. The number of amides is 1. The van der Waals surface area contributed by atoms with E-state index in [4.69, 9.17) is 9.47 Å². The minimum absolute atomic E-state index is 0.0443. The van der Waals surface area contributed by atoms with E-state index < -0.39 is 33.9 Å². The van der Waals surface area contributed by atoms with Crippen LogP contribution in [0.25, 0.3) is 0 Å². The van der Waals surface area contributed by atoms with Crippen LogP contribution in [0.5, 0.6) is 5.75 Å². The van der Waals surface area contributed by atoms with E-state index in [0.29, 0.717) is 17.0 Å². The van der Waals surface area contributed by atoms with Crippen LogP contribution < -0.4 is 10.1 Å². The van der Waals surface area contributed by atoms with Crippen LogP contribution in [0.3, 0.4) is 0 Å². The highest BCUT2D eigenvalue weighted by Crippen LogP contribution is 2.26. The van der Waals surface area contributed by atoms with Gasteiger partial charge in [-0.3, -0.25) is 14.4 Å². The molecule has 1 heterocycles. The number of hydrogen-bond donors (Lipinski definition) is 1. The Morgan fingerprint density at radius 2 is 1.74 bits per heavy atom. The van der Waals surface area contributed by atoms with Crippen molar-refractivity contribution in [2.24, 2.45) is 5.92 Å². The highest BCUT2D eigenvalue weighted by molar-refractivity contribution is 7.89. The molecule has 9 nitrogen and oxygen atoms in total. The lowest BCUT2D eigenvalue weighted by Gasteiger charge is -2.30. The maximum Gasteiger partial charge on any atom is 0.309 e. The Morgan fingerprint density at radius 1 is 1.06 bits per heavy atom. The molecule has 0 saturated carbocycles. The molecule has 2 aromatic rings. The smallest absolute Gasteiger partial charge is 0.309 e. The van der Waals surface area contributed by atoms with Crippen LogP contribution in [-0.4, -0.2) is 56.7 Å². The minimum Gasteiger partial charge on any atom is -0.495 e. The van der Waals surface area contributed by atoms with Gasteiger partial charge in [-0.25, -0.2) is 8.42 Å². The van der Waals surface area contributed by atoms with E-state index in [1.54, 1.807) is 30.3 Å². The quantitative estimate of drug-likeness (QED) is 0.448. The number of ether oxygens (including phenoxy) is 2. The Bertz CT molecular complexity index is 1170. The van der Waals surface area contributed by atoms with E-state index in [1.165, 1.54) is 43.5 Å². The second-order valence-electron chi connectivity index (χ2n) is 8.03. The molecule has 1 atom stereocenters. The molecule has 10 heteroatoms. The van der Waals surface area contributed by atoms with Crippen LogP contribution in [-0.2, 0) is 24.3 Å². The van der Waals surface area contributed by atoms with Crippen LogP contribution in [0.1, 0.15) is 37.0 Å².